The van der Waals surface area contributed by atoms with Crippen LogP contribution >= 0.6 is 11.3 Å². The van der Waals surface area contributed by atoms with Crippen LogP contribution in [-0.2, 0) is 39.2 Å². The smallest absolute Gasteiger partial charge is 0.246 e. The first-order valence-corrected chi connectivity index (χ1v) is 15.6. The molecule has 0 spiro atoms. The van der Waals surface area contributed by atoms with Crippen molar-refractivity contribution >= 4 is 33.2 Å². The molecule has 1 fully saturated rings. The molecule has 4 unspecified atom stereocenters. The van der Waals surface area contributed by atoms with Gasteiger partial charge in [0.2, 0.25) is 21.8 Å². The largest absolute Gasteiger partial charge is 0.467 e. The van der Waals surface area contributed by atoms with Crippen LogP contribution in [0, 0.1) is 11.8 Å². The van der Waals surface area contributed by atoms with Crippen molar-refractivity contribution < 1.29 is 22.4 Å². The summed E-state index contributed by atoms with van der Waals surface area (Å²) < 4.78 is 35.5. The van der Waals surface area contributed by atoms with Crippen LogP contribution in [0.15, 0.2) is 87.7 Å². The Hall–Kier alpha value is -3.47. The van der Waals surface area contributed by atoms with E-state index in [4.69, 9.17) is 4.42 Å². The summed E-state index contributed by atoms with van der Waals surface area (Å²) in [4.78, 5) is 29.4. The van der Waals surface area contributed by atoms with E-state index in [-0.39, 0.29) is 41.6 Å². The molecule has 1 aliphatic carbocycles. The van der Waals surface area contributed by atoms with E-state index in [2.05, 4.69) is 5.32 Å². The summed E-state index contributed by atoms with van der Waals surface area (Å²) in [6.07, 6.45) is 7.00. The van der Waals surface area contributed by atoms with E-state index in [0.717, 1.165) is 10.4 Å². The van der Waals surface area contributed by atoms with Gasteiger partial charge in [0.15, 0.2) is 0 Å². The van der Waals surface area contributed by atoms with E-state index in [1.54, 1.807) is 46.8 Å². The van der Waals surface area contributed by atoms with E-state index in [1.165, 1.54) is 4.31 Å². The van der Waals surface area contributed by atoms with Gasteiger partial charge in [-0.25, -0.2) is 8.42 Å². The zero-order valence-electron chi connectivity index (χ0n) is 22.3. The number of allylic oxidation sites excluding steroid dienone is 1. The van der Waals surface area contributed by atoms with E-state index in [0.29, 0.717) is 24.3 Å². The lowest BCUT2D eigenvalue weighted by molar-refractivity contribution is -0.136. The molecule has 1 aromatic carbocycles. The molecule has 2 aliphatic heterocycles. The van der Waals surface area contributed by atoms with Gasteiger partial charge in [-0.2, -0.15) is 4.31 Å². The molecule has 10 heteroatoms. The van der Waals surface area contributed by atoms with Gasteiger partial charge in [-0.1, -0.05) is 49.4 Å². The molecule has 1 N–H and O–H groups in total. The molecule has 4 heterocycles. The SMILES string of the molecule is CC1CC(=O)NC2(C)C=CC(S(=O)(=O)N3Cc4ccccc4C3C(=O)N(Cc3ccco3)Cc3cccs3)=CC12. The summed E-state index contributed by atoms with van der Waals surface area (Å²) in [6, 6.07) is 13.9. The lowest BCUT2D eigenvalue weighted by atomic mass is 9.71. The maximum absolute atomic E-state index is 14.4. The third-order valence-corrected chi connectivity index (χ3v) is 10.8. The Morgan fingerprint density at radius 2 is 2.00 bits per heavy atom. The predicted molar refractivity (Wildman–Crippen MR) is 152 cm³/mol. The Labute approximate surface area is 238 Å². The summed E-state index contributed by atoms with van der Waals surface area (Å²) >= 11 is 1.54. The molecule has 2 amide bonds. The lowest BCUT2D eigenvalue weighted by Gasteiger charge is -2.44. The molecule has 40 heavy (non-hydrogen) atoms. The fourth-order valence-electron chi connectivity index (χ4n) is 6.14. The summed E-state index contributed by atoms with van der Waals surface area (Å²) in [6.45, 7) is 4.54. The highest BCUT2D eigenvalue weighted by Crippen LogP contribution is 2.43. The van der Waals surface area contributed by atoms with Gasteiger partial charge in [-0.3, -0.25) is 9.59 Å². The van der Waals surface area contributed by atoms with Crippen LogP contribution in [0.3, 0.4) is 0 Å². The molecule has 6 rings (SSSR count). The van der Waals surface area contributed by atoms with Gasteiger partial charge in [0.05, 0.1) is 29.8 Å². The Balaban J connectivity index is 1.37. The van der Waals surface area contributed by atoms with Crippen molar-refractivity contribution in [3.8, 4) is 0 Å². The molecule has 0 bridgehead atoms. The molecule has 2 aromatic heterocycles. The van der Waals surface area contributed by atoms with Crippen molar-refractivity contribution in [2.24, 2.45) is 11.8 Å². The fraction of sp³-hybridized carbons (Fsp3) is 0.333. The number of sulfonamides is 1. The molecular formula is C30H31N3O5S2. The van der Waals surface area contributed by atoms with Crippen molar-refractivity contribution in [1.29, 1.82) is 0 Å². The maximum atomic E-state index is 14.4. The third-order valence-electron chi connectivity index (χ3n) is 8.13. The van der Waals surface area contributed by atoms with Crippen LogP contribution in [0.2, 0.25) is 0 Å². The second-order valence-electron chi connectivity index (χ2n) is 10.9. The number of carbonyl (C=O) groups is 2. The summed E-state index contributed by atoms with van der Waals surface area (Å²) in [5, 5.41) is 4.97. The van der Waals surface area contributed by atoms with E-state index in [1.807, 2.05) is 61.7 Å². The van der Waals surface area contributed by atoms with Crippen LogP contribution in [0.4, 0.5) is 0 Å². The molecule has 3 aliphatic rings. The number of benzene rings is 1. The number of furan rings is 1. The molecule has 8 nitrogen and oxygen atoms in total. The number of amides is 2. The van der Waals surface area contributed by atoms with Crippen molar-refractivity contribution in [1.82, 2.24) is 14.5 Å². The van der Waals surface area contributed by atoms with Crippen LogP contribution in [0.25, 0.3) is 0 Å². The topological polar surface area (TPSA) is 99.9 Å². The number of piperidine rings is 1. The summed E-state index contributed by atoms with van der Waals surface area (Å²) in [5.41, 5.74) is 0.842. The van der Waals surface area contributed by atoms with Crippen LogP contribution < -0.4 is 5.32 Å². The van der Waals surface area contributed by atoms with Crippen LogP contribution in [-0.4, -0.2) is 35.0 Å². The van der Waals surface area contributed by atoms with Gasteiger partial charge in [0, 0.05) is 23.8 Å². The molecule has 0 radical (unpaired) electrons. The summed E-state index contributed by atoms with van der Waals surface area (Å²) in [7, 11) is -4.07. The van der Waals surface area contributed by atoms with Gasteiger partial charge in [0.25, 0.3) is 0 Å². The number of fused-ring (bicyclic) bond motifs is 2. The Morgan fingerprint density at radius 1 is 1.18 bits per heavy atom. The third kappa shape index (κ3) is 4.74. The number of nitrogens with zero attached hydrogens (tertiary/aromatic N) is 2. The highest BCUT2D eigenvalue weighted by Gasteiger charge is 2.48. The normalized spacial score (nSPS) is 26.1. The molecule has 0 saturated carbocycles. The minimum atomic E-state index is -4.07. The Morgan fingerprint density at radius 3 is 2.75 bits per heavy atom. The standard InChI is InChI=1S/C30H31N3O5S2/c1-20-15-27(34)31-30(2)12-11-24(16-26(20)30)40(36,37)33-17-21-7-3-4-10-25(21)28(33)29(35)32(18-22-8-5-13-38-22)19-23-9-6-14-39-23/h3-14,16,20,26,28H,15,17-19H2,1-2H3,(H,31,34). The minimum Gasteiger partial charge on any atom is -0.467 e. The first-order chi connectivity index (χ1) is 19.2. The van der Waals surface area contributed by atoms with Crippen molar-refractivity contribution in [3.63, 3.8) is 0 Å². The van der Waals surface area contributed by atoms with Crippen molar-refractivity contribution in [2.45, 2.75) is 51.5 Å². The van der Waals surface area contributed by atoms with Gasteiger partial charge in [-0.15, -0.1) is 11.3 Å². The zero-order valence-corrected chi connectivity index (χ0v) is 24.0. The number of carbonyl (C=O) groups excluding carboxylic acids is 2. The van der Waals surface area contributed by atoms with Crippen molar-refractivity contribution in [2.75, 3.05) is 0 Å². The quantitative estimate of drug-likeness (QED) is 0.437. The molecule has 1 saturated heterocycles. The van der Waals surface area contributed by atoms with Gasteiger partial charge < -0.3 is 14.6 Å². The van der Waals surface area contributed by atoms with Crippen molar-refractivity contribution in [3.05, 3.63) is 105 Å². The monoisotopic (exact) mass is 577 g/mol. The van der Waals surface area contributed by atoms with E-state index < -0.39 is 21.6 Å². The van der Waals surface area contributed by atoms with E-state index >= 15 is 0 Å². The van der Waals surface area contributed by atoms with E-state index in [9.17, 15) is 18.0 Å². The second kappa shape index (κ2) is 10.2. The number of thiophene rings is 1. The number of nitrogens with one attached hydrogen (secondary N) is 1. The molecule has 4 atom stereocenters. The minimum absolute atomic E-state index is 0.0308. The van der Waals surface area contributed by atoms with Gasteiger partial charge >= 0.3 is 0 Å². The zero-order chi connectivity index (χ0) is 28.1. The second-order valence-corrected chi connectivity index (χ2v) is 13.9. The maximum Gasteiger partial charge on any atom is 0.246 e. The Kier molecular flexibility index (Phi) is 6.80. The lowest BCUT2D eigenvalue weighted by Crippen LogP contribution is -2.57. The average Bonchev–Trinajstić information content (AvgIpc) is 3.68. The predicted octanol–water partition coefficient (Wildman–Crippen LogP) is 4.74. The number of hydrogen-bond acceptors (Lipinski definition) is 6. The highest BCUT2D eigenvalue weighted by atomic mass is 32.2. The van der Waals surface area contributed by atoms with Gasteiger partial charge in [0.1, 0.15) is 11.8 Å². The first kappa shape index (κ1) is 26.7. The summed E-state index contributed by atoms with van der Waals surface area (Å²) in [5.74, 6) is 0.0571. The van der Waals surface area contributed by atoms with Crippen LogP contribution in [0.1, 0.15) is 48.1 Å². The first-order valence-electron chi connectivity index (χ1n) is 13.3. The van der Waals surface area contributed by atoms with Gasteiger partial charge in [-0.05, 0) is 53.6 Å². The average molecular weight is 578 g/mol. The van der Waals surface area contributed by atoms with Crippen LogP contribution in [0.5, 0.6) is 0 Å². The fourth-order valence-corrected chi connectivity index (χ4v) is 8.47. The number of rotatable bonds is 7. The molecular weight excluding hydrogens is 546 g/mol. The molecule has 208 valence electrons. The highest BCUT2D eigenvalue weighted by molar-refractivity contribution is 7.93. The molecule has 3 aromatic rings. The Bertz CT molecular complexity index is 1560. The number of hydrogen-bond donors (Lipinski definition) is 1.